The number of piperidine rings is 1. The molecule has 2 heterocycles. The molecule has 100 valence electrons. The molecule has 3 heteroatoms. The Hall–Kier alpha value is -0.930. The molecule has 0 aliphatic carbocycles. The monoisotopic (exact) mass is 247 g/mol. The zero-order valence-corrected chi connectivity index (χ0v) is 11.5. The van der Waals surface area contributed by atoms with E-state index in [4.69, 9.17) is 5.73 Å². The second-order valence-electron chi connectivity index (χ2n) is 5.47. The van der Waals surface area contributed by atoms with Gasteiger partial charge in [-0.05, 0) is 56.5 Å². The van der Waals surface area contributed by atoms with E-state index in [9.17, 15) is 0 Å². The van der Waals surface area contributed by atoms with E-state index in [0.717, 1.165) is 5.92 Å². The first-order chi connectivity index (χ1) is 8.72. The Morgan fingerprint density at radius 2 is 1.94 bits per heavy atom. The van der Waals surface area contributed by atoms with Gasteiger partial charge in [-0.1, -0.05) is 13.3 Å². The van der Waals surface area contributed by atoms with Crippen LogP contribution >= 0.6 is 0 Å². The van der Waals surface area contributed by atoms with Crippen molar-refractivity contribution >= 4 is 0 Å². The summed E-state index contributed by atoms with van der Waals surface area (Å²) in [4.78, 5) is 6.65. The van der Waals surface area contributed by atoms with Crippen molar-refractivity contribution in [2.45, 2.75) is 45.2 Å². The molecule has 18 heavy (non-hydrogen) atoms. The Morgan fingerprint density at radius 1 is 1.33 bits per heavy atom. The van der Waals surface area contributed by atoms with E-state index in [0.29, 0.717) is 6.04 Å². The SMILES string of the molecule is CCC1CCN(C(c2ccncc2)C(C)N)CC1. The minimum Gasteiger partial charge on any atom is -0.326 e. The summed E-state index contributed by atoms with van der Waals surface area (Å²) in [7, 11) is 0. The standard InChI is InChI=1S/C15H25N3/c1-3-13-6-10-18(11-7-13)15(12(2)16)14-4-8-17-9-5-14/h4-5,8-9,12-13,15H,3,6-7,10-11,16H2,1-2H3. The lowest BCUT2D eigenvalue weighted by Crippen LogP contribution is -2.43. The zero-order chi connectivity index (χ0) is 13.0. The molecule has 1 aromatic rings. The van der Waals surface area contributed by atoms with E-state index < -0.39 is 0 Å². The van der Waals surface area contributed by atoms with Crippen LogP contribution in [0.2, 0.25) is 0 Å². The number of pyridine rings is 1. The number of nitrogens with zero attached hydrogens (tertiary/aromatic N) is 2. The number of aromatic nitrogens is 1. The highest BCUT2D eigenvalue weighted by Crippen LogP contribution is 2.29. The predicted octanol–water partition coefficient (Wildman–Crippen LogP) is 2.59. The van der Waals surface area contributed by atoms with E-state index >= 15 is 0 Å². The van der Waals surface area contributed by atoms with Crippen LogP contribution in [0, 0.1) is 5.92 Å². The number of likely N-dealkylation sites (tertiary alicyclic amines) is 1. The van der Waals surface area contributed by atoms with Crippen LogP contribution in [0.5, 0.6) is 0 Å². The van der Waals surface area contributed by atoms with Gasteiger partial charge in [0.15, 0.2) is 0 Å². The van der Waals surface area contributed by atoms with E-state index in [1.165, 1.54) is 37.9 Å². The average Bonchev–Trinajstić information content (AvgIpc) is 2.40. The fourth-order valence-corrected chi connectivity index (χ4v) is 3.05. The van der Waals surface area contributed by atoms with Crippen LogP contribution in [-0.2, 0) is 0 Å². The summed E-state index contributed by atoms with van der Waals surface area (Å²) in [6.07, 6.45) is 7.66. The number of hydrogen-bond donors (Lipinski definition) is 1. The smallest absolute Gasteiger partial charge is 0.0497 e. The van der Waals surface area contributed by atoms with E-state index in [2.05, 4.69) is 35.9 Å². The van der Waals surface area contributed by atoms with Gasteiger partial charge in [0.1, 0.15) is 0 Å². The van der Waals surface area contributed by atoms with Crippen LogP contribution in [-0.4, -0.2) is 29.0 Å². The van der Waals surface area contributed by atoms with Crippen molar-refractivity contribution < 1.29 is 0 Å². The highest BCUT2D eigenvalue weighted by molar-refractivity contribution is 5.17. The molecule has 2 rings (SSSR count). The number of nitrogens with two attached hydrogens (primary N) is 1. The lowest BCUT2D eigenvalue weighted by Gasteiger charge is -2.39. The zero-order valence-electron chi connectivity index (χ0n) is 11.5. The van der Waals surface area contributed by atoms with Crippen LogP contribution in [0.4, 0.5) is 0 Å². The van der Waals surface area contributed by atoms with E-state index in [1.807, 2.05) is 12.4 Å². The van der Waals surface area contributed by atoms with Gasteiger partial charge in [0, 0.05) is 24.5 Å². The molecule has 0 spiro atoms. The van der Waals surface area contributed by atoms with Crippen molar-refractivity contribution in [1.82, 2.24) is 9.88 Å². The van der Waals surface area contributed by atoms with Gasteiger partial charge in [-0.3, -0.25) is 9.88 Å². The third-order valence-corrected chi connectivity index (χ3v) is 4.17. The molecule has 2 atom stereocenters. The van der Waals surface area contributed by atoms with Gasteiger partial charge >= 0.3 is 0 Å². The lowest BCUT2D eigenvalue weighted by atomic mass is 9.91. The van der Waals surface area contributed by atoms with Gasteiger partial charge in [-0.2, -0.15) is 0 Å². The summed E-state index contributed by atoms with van der Waals surface area (Å²) in [5, 5.41) is 0. The Kier molecular flexibility index (Phi) is 4.72. The maximum atomic E-state index is 6.20. The molecule has 1 aromatic heterocycles. The predicted molar refractivity (Wildman–Crippen MR) is 75.2 cm³/mol. The van der Waals surface area contributed by atoms with Gasteiger partial charge in [-0.25, -0.2) is 0 Å². The van der Waals surface area contributed by atoms with Crippen molar-refractivity contribution in [3.8, 4) is 0 Å². The maximum Gasteiger partial charge on any atom is 0.0497 e. The van der Waals surface area contributed by atoms with Gasteiger partial charge in [0.2, 0.25) is 0 Å². The highest BCUT2D eigenvalue weighted by atomic mass is 15.2. The topological polar surface area (TPSA) is 42.2 Å². The second kappa shape index (κ2) is 6.30. The molecule has 2 unspecified atom stereocenters. The summed E-state index contributed by atoms with van der Waals surface area (Å²) in [5.74, 6) is 0.910. The van der Waals surface area contributed by atoms with Crippen LogP contribution in [0.3, 0.4) is 0 Å². The minimum absolute atomic E-state index is 0.158. The maximum absolute atomic E-state index is 6.20. The first-order valence-corrected chi connectivity index (χ1v) is 7.12. The van der Waals surface area contributed by atoms with Gasteiger partial charge in [0.05, 0.1) is 0 Å². The fourth-order valence-electron chi connectivity index (χ4n) is 3.05. The fraction of sp³-hybridized carbons (Fsp3) is 0.667. The third-order valence-electron chi connectivity index (χ3n) is 4.17. The molecule has 1 aliphatic rings. The Morgan fingerprint density at radius 3 is 2.44 bits per heavy atom. The lowest BCUT2D eigenvalue weighted by molar-refractivity contribution is 0.117. The highest BCUT2D eigenvalue weighted by Gasteiger charge is 2.27. The van der Waals surface area contributed by atoms with Crippen LogP contribution in [0.15, 0.2) is 24.5 Å². The summed E-state index contributed by atoms with van der Waals surface area (Å²) in [6.45, 7) is 6.75. The van der Waals surface area contributed by atoms with Crippen molar-refractivity contribution in [3.05, 3.63) is 30.1 Å². The van der Waals surface area contributed by atoms with Gasteiger partial charge in [-0.15, -0.1) is 0 Å². The summed E-state index contributed by atoms with van der Waals surface area (Å²) in [6, 6.07) is 4.69. The summed E-state index contributed by atoms with van der Waals surface area (Å²) in [5.41, 5.74) is 7.51. The second-order valence-corrected chi connectivity index (χ2v) is 5.47. The van der Waals surface area contributed by atoms with Gasteiger partial charge in [0.25, 0.3) is 0 Å². The van der Waals surface area contributed by atoms with Crippen LogP contribution < -0.4 is 5.73 Å². The molecule has 0 amide bonds. The van der Waals surface area contributed by atoms with Crippen LogP contribution in [0.1, 0.15) is 44.7 Å². The number of rotatable bonds is 4. The molecule has 0 bridgehead atoms. The Balaban J connectivity index is 2.08. The normalized spacial score (nSPS) is 21.7. The Labute approximate surface area is 110 Å². The molecule has 1 fully saturated rings. The summed E-state index contributed by atoms with van der Waals surface area (Å²) >= 11 is 0. The Bertz CT molecular complexity index is 342. The molecule has 0 radical (unpaired) electrons. The molecule has 1 aliphatic heterocycles. The van der Waals surface area contributed by atoms with Crippen molar-refractivity contribution in [1.29, 1.82) is 0 Å². The molecule has 0 saturated carbocycles. The quantitative estimate of drug-likeness (QED) is 0.889. The largest absolute Gasteiger partial charge is 0.326 e. The first-order valence-electron chi connectivity index (χ1n) is 7.12. The van der Waals surface area contributed by atoms with Crippen molar-refractivity contribution in [2.24, 2.45) is 11.7 Å². The van der Waals surface area contributed by atoms with Crippen molar-refractivity contribution in [2.75, 3.05) is 13.1 Å². The molecule has 1 saturated heterocycles. The van der Waals surface area contributed by atoms with Crippen molar-refractivity contribution in [3.63, 3.8) is 0 Å². The minimum atomic E-state index is 0.158. The average molecular weight is 247 g/mol. The molecule has 3 nitrogen and oxygen atoms in total. The van der Waals surface area contributed by atoms with E-state index in [1.54, 1.807) is 0 Å². The number of hydrogen-bond acceptors (Lipinski definition) is 3. The first kappa shape index (κ1) is 13.5. The molecule has 2 N–H and O–H groups in total. The van der Waals surface area contributed by atoms with Gasteiger partial charge < -0.3 is 5.73 Å². The summed E-state index contributed by atoms with van der Waals surface area (Å²) < 4.78 is 0. The third kappa shape index (κ3) is 3.09. The molecular formula is C15H25N3. The molecule has 0 aromatic carbocycles. The van der Waals surface area contributed by atoms with E-state index in [-0.39, 0.29) is 6.04 Å². The van der Waals surface area contributed by atoms with Crippen LogP contribution in [0.25, 0.3) is 0 Å². The molecular weight excluding hydrogens is 222 g/mol.